The van der Waals surface area contributed by atoms with Crippen LogP contribution in [0.4, 0.5) is 0 Å². The predicted octanol–water partition coefficient (Wildman–Crippen LogP) is 1.89. The van der Waals surface area contributed by atoms with E-state index in [1.807, 2.05) is 0 Å². The second kappa shape index (κ2) is 7.46. The molecule has 3 heteroatoms. The van der Waals surface area contributed by atoms with E-state index in [4.69, 9.17) is 0 Å². The first-order valence-corrected chi connectivity index (χ1v) is 7.52. The standard InChI is InChI=1S/C15H33N3/c1-12(2)15(9-16-13(3)4)18(6)11-14-7-8-17(5)10-14/h12-16H,7-11H2,1-6H3. The molecule has 3 nitrogen and oxygen atoms in total. The number of nitrogens with one attached hydrogen (secondary N) is 1. The lowest BCUT2D eigenvalue weighted by Gasteiger charge is -2.33. The fourth-order valence-corrected chi connectivity index (χ4v) is 2.97. The van der Waals surface area contributed by atoms with Crippen LogP contribution in [0.3, 0.4) is 0 Å². The molecule has 2 atom stereocenters. The summed E-state index contributed by atoms with van der Waals surface area (Å²) in [5.74, 6) is 1.57. The summed E-state index contributed by atoms with van der Waals surface area (Å²) in [6.45, 7) is 14.0. The van der Waals surface area contributed by atoms with Crippen LogP contribution < -0.4 is 5.32 Å². The van der Waals surface area contributed by atoms with E-state index in [1.165, 1.54) is 26.1 Å². The highest BCUT2D eigenvalue weighted by atomic mass is 15.2. The quantitative estimate of drug-likeness (QED) is 0.749. The zero-order chi connectivity index (χ0) is 13.7. The fraction of sp³-hybridized carbons (Fsp3) is 1.00. The molecule has 1 aliphatic rings. The van der Waals surface area contributed by atoms with Gasteiger partial charge >= 0.3 is 0 Å². The summed E-state index contributed by atoms with van der Waals surface area (Å²) in [5.41, 5.74) is 0. The average Bonchev–Trinajstić information content (AvgIpc) is 2.63. The van der Waals surface area contributed by atoms with Crippen LogP contribution in [0.2, 0.25) is 0 Å². The summed E-state index contributed by atoms with van der Waals surface area (Å²) in [6, 6.07) is 1.23. The topological polar surface area (TPSA) is 18.5 Å². The Kier molecular flexibility index (Phi) is 6.61. The minimum atomic E-state index is 0.581. The Morgan fingerprint density at radius 2 is 1.94 bits per heavy atom. The summed E-state index contributed by atoms with van der Waals surface area (Å²) < 4.78 is 0. The zero-order valence-electron chi connectivity index (χ0n) is 13.2. The highest BCUT2D eigenvalue weighted by Gasteiger charge is 2.25. The van der Waals surface area contributed by atoms with E-state index in [2.05, 4.69) is 56.9 Å². The summed E-state index contributed by atoms with van der Waals surface area (Å²) in [6.07, 6.45) is 1.36. The number of hydrogen-bond acceptors (Lipinski definition) is 3. The molecule has 0 bridgehead atoms. The van der Waals surface area contributed by atoms with Gasteiger partial charge in [-0.2, -0.15) is 0 Å². The zero-order valence-corrected chi connectivity index (χ0v) is 13.2. The van der Waals surface area contributed by atoms with Crippen LogP contribution in [-0.4, -0.2) is 62.2 Å². The highest BCUT2D eigenvalue weighted by Crippen LogP contribution is 2.18. The average molecular weight is 255 g/mol. The van der Waals surface area contributed by atoms with Crippen molar-refractivity contribution in [3.05, 3.63) is 0 Å². The summed E-state index contributed by atoms with van der Waals surface area (Å²) in [5, 5.41) is 3.59. The minimum Gasteiger partial charge on any atom is -0.313 e. The molecule has 0 saturated carbocycles. The molecule has 0 aromatic heterocycles. The molecule has 0 aromatic carbocycles. The molecule has 18 heavy (non-hydrogen) atoms. The lowest BCUT2D eigenvalue weighted by molar-refractivity contribution is 0.160. The maximum atomic E-state index is 3.59. The van der Waals surface area contributed by atoms with Gasteiger partial charge in [-0.3, -0.25) is 0 Å². The molecule has 0 spiro atoms. The first-order chi connectivity index (χ1) is 8.40. The van der Waals surface area contributed by atoms with Crippen molar-refractivity contribution in [1.82, 2.24) is 15.1 Å². The van der Waals surface area contributed by atoms with Crippen LogP contribution in [0.1, 0.15) is 34.1 Å². The molecule has 2 unspecified atom stereocenters. The smallest absolute Gasteiger partial charge is 0.0240 e. The van der Waals surface area contributed by atoms with Crippen molar-refractivity contribution in [2.45, 2.75) is 46.2 Å². The molecule has 1 N–H and O–H groups in total. The van der Waals surface area contributed by atoms with E-state index in [9.17, 15) is 0 Å². The molecule has 1 fully saturated rings. The third-order valence-corrected chi connectivity index (χ3v) is 4.11. The molecule has 1 heterocycles. The van der Waals surface area contributed by atoms with Crippen molar-refractivity contribution >= 4 is 0 Å². The number of likely N-dealkylation sites (N-methyl/N-ethyl adjacent to an activating group) is 1. The van der Waals surface area contributed by atoms with Gasteiger partial charge in [0.1, 0.15) is 0 Å². The van der Waals surface area contributed by atoms with Gasteiger partial charge in [-0.25, -0.2) is 0 Å². The molecule has 0 radical (unpaired) electrons. The molecule has 1 aliphatic heterocycles. The van der Waals surface area contributed by atoms with Crippen molar-refractivity contribution < 1.29 is 0 Å². The number of nitrogens with zero attached hydrogens (tertiary/aromatic N) is 2. The first-order valence-electron chi connectivity index (χ1n) is 7.52. The van der Waals surface area contributed by atoms with E-state index in [0.717, 1.165) is 12.5 Å². The van der Waals surface area contributed by atoms with Gasteiger partial charge in [0.25, 0.3) is 0 Å². The highest BCUT2D eigenvalue weighted by molar-refractivity contribution is 4.81. The van der Waals surface area contributed by atoms with Crippen LogP contribution in [0.15, 0.2) is 0 Å². The third-order valence-electron chi connectivity index (χ3n) is 4.11. The van der Waals surface area contributed by atoms with Gasteiger partial charge in [0.05, 0.1) is 0 Å². The third kappa shape index (κ3) is 5.25. The van der Waals surface area contributed by atoms with Crippen LogP contribution in [-0.2, 0) is 0 Å². The number of likely N-dealkylation sites (tertiary alicyclic amines) is 1. The van der Waals surface area contributed by atoms with Crippen molar-refractivity contribution in [3.8, 4) is 0 Å². The maximum absolute atomic E-state index is 3.59. The second-order valence-corrected chi connectivity index (χ2v) is 6.73. The fourth-order valence-electron chi connectivity index (χ4n) is 2.97. The minimum absolute atomic E-state index is 0.581. The van der Waals surface area contributed by atoms with Crippen LogP contribution in [0, 0.1) is 11.8 Å². The molecule has 1 rings (SSSR count). The molecule has 108 valence electrons. The van der Waals surface area contributed by atoms with Crippen molar-refractivity contribution in [3.63, 3.8) is 0 Å². The molecule has 0 amide bonds. The van der Waals surface area contributed by atoms with Gasteiger partial charge in [-0.15, -0.1) is 0 Å². The Balaban J connectivity index is 2.41. The summed E-state index contributed by atoms with van der Waals surface area (Å²) in [4.78, 5) is 5.03. The van der Waals surface area contributed by atoms with E-state index in [-0.39, 0.29) is 0 Å². The van der Waals surface area contributed by atoms with Crippen LogP contribution >= 0.6 is 0 Å². The molecule has 0 aliphatic carbocycles. The van der Waals surface area contributed by atoms with Gasteiger partial charge in [-0.05, 0) is 38.9 Å². The van der Waals surface area contributed by atoms with E-state index < -0.39 is 0 Å². The van der Waals surface area contributed by atoms with Crippen molar-refractivity contribution in [1.29, 1.82) is 0 Å². The van der Waals surface area contributed by atoms with E-state index in [1.54, 1.807) is 0 Å². The van der Waals surface area contributed by atoms with Crippen molar-refractivity contribution in [2.75, 3.05) is 40.3 Å². The normalized spacial score (nSPS) is 23.5. The maximum Gasteiger partial charge on any atom is 0.0240 e. The Morgan fingerprint density at radius 1 is 1.28 bits per heavy atom. The van der Waals surface area contributed by atoms with Gasteiger partial charge < -0.3 is 15.1 Å². The largest absolute Gasteiger partial charge is 0.313 e. The SMILES string of the molecule is CC(C)NCC(C(C)C)N(C)CC1CCN(C)C1. The Hall–Kier alpha value is -0.120. The predicted molar refractivity (Wildman–Crippen MR) is 80.0 cm³/mol. The molecular weight excluding hydrogens is 222 g/mol. The Labute approximate surface area is 114 Å². The van der Waals surface area contributed by atoms with Crippen LogP contribution in [0.25, 0.3) is 0 Å². The Morgan fingerprint density at radius 3 is 2.39 bits per heavy atom. The van der Waals surface area contributed by atoms with Crippen molar-refractivity contribution in [2.24, 2.45) is 11.8 Å². The molecule has 0 aromatic rings. The molecule has 1 saturated heterocycles. The second-order valence-electron chi connectivity index (χ2n) is 6.73. The van der Waals surface area contributed by atoms with Gasteiger partial charge in [-0.1, -0.05) is 27.7 Å². The van der Waals surface area contributed by atoms with E-state index in [0.29, 0.717) is 18.0 Å². The summed E-state index contributed by atoms with van der Waals surface area (Å²) >= 11 is 0. The molecular formula is C15H33N3. The van der Waals surface area contributed by atoms with Gasteiger partial charge in [0.15, 0.2) is 0 Å². The monoisotopic (exact) mass is 255 g/mol. The van der Waals surface area contributed by atoms with Crippen LogP contribution in [0.5, 0.6) is 0 Å². The lowest BCUT2D eigenvalue weighted by atomic mass is 10.0. The number of rotatable bonds is 7. The lowest BCUT2D eigenvalue weighted by Crippen LogP contribution is -2.47. The number of hydrogen-bond donors (Lipinski definition) is 1. The summed E-state index contributed by atoms with van der Waals surface area (Å²) in [7, 11) is 4.53. The van der Waals surface area contributed by atoms with E-state index >= 15 is 0 Å². The van der Waals surface area contributed by atoms with Gasteiger partial charge in [0, 0.05) is 31.7 Å². The first kappa shape index (κ1) is 15.9. The van der Waals surface area contributed by atoms with Gasteiger partial charge in [0.2, 0.25) is 0 Å². The Bertz CT molecular complexity index is 228.